The lowest BCUT2D eigenvalue weighted by Gasteiger charge is -1.96. The molecule has 0 aliphatic heterocycles. The number of benzene rings is 1. The van der Waals surface area contributed by atoms with Crippen molar-refractivity contribution < 1.29 is 4.74 Å². The number of nitrogens with zero attached hydrogens (tertiary/aromatic N) is 1. The second kappa shape index (κ2) is 8.06. The molecule has 0 spiro atoms. The van der Waals surface area contributed by atoms with E-state index in [9.17, 15) is 0 Å². The van der Waals surface area contributed by atoms with Crippen LogP contribution in [-0.4, -0.2) is 29.4 Å². The molecule has 6 heteroatoms. The van der Waals surface area contributed by atoms with Crippen molar-refractivity contribution in [2.45, 2.75) is 6.42 Å². The largest absolute Gasteiger partial charge is 0.375 e. The molecular weight excluding hydrogens is 261 g/mol. The number of rotatable bonds is 5. The van der Waals surface area contributed by atoms with Crippen LogP contribution >= 0.6 is 24.8 Å². The third-order valence-corrected chi connectivity index (χ3v) is 2.12. The van der Waals surface area contributed by atoms with Crippen molar-refractivity contribution in [2.24, 2.45) is 0 Å². The molecule has 4 nitrogen and oxygen atoms in total. The molecule has 0 saturated carbocycles. The van der Waals surface area contributed by atoms with Crippen LogP contribution in [0.5, 0.6) is 0 Å². The Bertz CT molecular complexity index is 426. The normalized spacial score (nSPS) is 9.41. The molecule has 0 saturated heterocycles. The Morgan fingerprint density at radius 1 is 1.29 bits per heavy atom. The highest BCUT2D eigenvalue weighted by molar-refractivity contribution is 5.85. The van der Waals surface area contributed by atoms with E-state index in [1.807, 2.05) is 24.3 Å². The van der Waals surface area contributed by atoms with E-state index in [-0.39, 0.29) is 24.8 Å². The molecule has 0 unspecified atom stereocenters. The third-order valence-electron chi connectivity index (χ3n) is 2.12. The maximum atomic E-state index is 6.80. The molecule has 0 amide bonds. The van der Waals surface area contributed by atoms with Crippen molar-refractivity contribution in [3.05, 3.63) is 30.1 Å². The average molecular weight is 276 g/mol. The molecule has 0 aliphatic rings. The molecule has 0 fully saturated rings. The van der Waals surface area contributed by atoms with Gasteiger partial charge < -0.3 is 15.1 Å². The van der Waals surface area contributed by atoms with Gasteiger partial charge in [-0.1, -0.05) is 12.1 Å². The Kier molecular flexibility index (Phi) is 7.54. The summed E-state index contributed by atoms with van der Waals surface area (Å²) in [7, 11) is 0. The Balaban J connectivity index is 0.00000128. The van der Waals surface area contributed by atoms with Gasteiger partial charge in [0.15, 0.2) is 0 Å². The second-order valence-corrected chi connectivity index (χ2v) is 3.23. The summed E-state index contributed by atoms with van der Waals surface area (Å²) in [6, 6.07) is 7.94. The van der Waals surface area contributed by atoms with Gasteiger partial charge in [0.05, 0.1) is 24.2 Å². The van der Waals surface area contributed by atoms with Crippen LogP contribution in [0, 0.1) is 5.41 Å². The Hall–Kier alpha value is -1.10. The van der Waals surface area contributed by atoms with E-state index in [1.54, 1.807) is 0 Å². The van der Waals surface area contributed by atoms with E-state index in [2.05, 4.69) is 9.97 Å². The van der Waals surface area contributed by atoms with Crippen LogP contribution in [-0.2, 0) is 11.2 Å². The first-order valence-corrected chi connectivity index (χ1v) is 4.90. The number of hydrogen-bond acceptors (Lipinski definition) is 3. The predicted octanol–water partition coefficient (Wildman–Crippen LogP) is 2.62. The number of hydrogen-bond donors (Lipinski definition) is 2. The number of imidazole rings is 1. The summed E-state index contributed by atoms with van der Waals surface area (Å²) in [5.74, 6) is 0.932. The number of nitrogens with one attached hydrogen (secondary N) is 2. The van der Waals surface area contributed by atoms with Crippen LogP contribution in [0.25, 0.3) is 11.0 Å². The lowest BCUT2D eigenvalue weighted by molar-refractivity contribution is 0.176. The monoisotopic (exact) mass is 275 g/mol. The van der Waals surface area contributed by atoms with Crippen molar-refractivity contribution in [2.75, 3.05) is 13.2 Å². The van der Waals surface area contributed by atoms with Gasteiger partial charge in [-0.15, -0.1) is 24.8 Å². The minimum absolute atomic E-state index is 0. The zero-order valence-corrected chi connectivity index (χ0v) is 10.8. The highest BCUT2D eigenvalue weighted by Crippen LogP contribution is 2.10. The minimum Gasteiger partial charge on any atom is -0.375 e. The minimum atomic E-state index is 0. The Labute approximate surface area is 112 Å². The molecule has 2 N–H and O–H groups in total. The third kappa shape index (κ3) is 4.34. The van der Waals surface area contributed by atoms with Crippen LogP contribution in [0.1, 0.15) is 5.82 Å². The molecule has 1 aromatic heterocycles. The van der Waals surface area contributed by atoms with E-state index >= 15 is 0 Å². The van der Waals surface area contributed by atoms with Crippen LogP contribution < -0.4 is 0 Å². The quantitative estimate of drug-likeness (QED) is 0.651. The maximum Gasteiger partial charge on any atom is 0.109 e. The van der Waals surface area contributed by atoms with Gasteiger partial charge in [-0.2, -0.15) is 0 Å². The molecule has 0 radical (unpaired) electrons. The van der Waals surface area contributed by atoms with Gasteiger partial charge in [0.2, 0.25) is 0 Å². The van der Waals surface area contributed by atoms with Gasteiger partial charge in [0.25, 0.3) is 0 Å². The molecule has 1 heterocycles. The molecule has 0 atom stereocenters. The first kappa shape index (κ1) is 15.9. The highest BCUT2D eigenvalue weighted by Gasteiger charge is 2.00. The van der Waals surface area contributed by atoms with Crippen molar-refractivity contribution in [3.63, 3.8) is 0 Å². The first-order valence-electron chi connectivity index (χ1n) is 4.90. The van der Waals surface area contributed by atoms with Crippen LogP contribution in [0.2, 0.25) is 0 Å². The Morgan fingerprint density at radius 3 is 2.76 bits per heavy atom. The maximum absolute atomic E-state index is 6.80. The molecular formula is C11H15Cl2N3O. The summed E-state index contributed by atoms with van der Waals surface area (Å²) in [6.45, 7) is 0.968. The fraction of sp³-hybridized carbons (Fsp3) is 0.273. The average Bonchev–Trinajstić information content (AvgIpc) is 2.67. The zero-order valence-electron chi connectivity index (χ0n) is 9.18. The van der Waals surface area contributed by atoms with Gasteiger partial charge in [0, 0.05) is 12.6 Å². The predicted molar refractivity (Wildman–Crippen MR) is 73.9 cm³/mol. The van der Waals surface area contributed by atoms with Gasteiger partial charge in [-0.05, 0) is 12.1 Å². The van der Waals surface area contributed by atoms with E-state index in [0.717, 1.165) is 23.3 Å². The van der Waals surface area contributed by atoms with Crippen molar-refractivity contribution in [1.29, 1.82) is 5.41 Å². The summed E-state index contributed by atoms with van der Waals surface area (Å²) >= 11 is 0. The highest BCUT2D eigenvalue weighted by atomic mass is 35.5. The molecule has 94 valence electrons. The smallest absolute Gasteiger partial charge is 0.109 e. The molecule has 17 heavy (non-hydrogen) atoms. The number of aromatic nitrogens is 2. The lowest BCUT2D eigenvalue weighted by Crippen LogP contribution is -2.01. The fourth-order valence-corrected chi connectivity index (χ4v) is 1.44. The lowest BCUT2D eigenvalue weighted by atomic mass is 10.3. The summed E-state index contributed by atoms with van der Waals surface area (Å²) in [5.41, 5.74) is 2.04. The Morgan fingerprint density at radius 2 is 2.06 bits per heavy atom. The number of para-hydroxylation sites is 2. The fourth-order valence-electron chi connectivity index (χ4n) is 1.44. The van der Waals surface area contributed by atoms with Gasteiger partial charge in [-0.25, -0.2) is 4.98 Å². The van der Waals surface area contributed by atoms with E-state index < -0.39 is 0 Å². The zero-order chi connectivity index (χ0) is 10.5. The van der Waals surface area contributed by atoms with E-state index in [4.69, 9.17) is 10.1 Å². The number of aromatic amines is 1. The SMILES string of the molecule is Cl.Cl.N=CCOCCc1nc2ccccc2[nH]1. The van der Waals surface area contributed by atoms with Gasteiger partial charge in [0.1, 0.15) is 5.82 Å². The van der Waals surface area contributed by atoms with Gasteiger partial charge >= 0.3 is 0 Å². The number of H-pyrrole nitrogens is 1. The summed E-state index contributed by atoms with van der Waals surface area (Å²) in [4.78, 5) is 7.64. The topological polar surface area (TPSA) is 61.8 Å². The number of ether oxygens (including phenoxy) is 1. The summed E-state index contributed by atoms with van der Waals surface area (Å²) in [5, 5.41) is 6.80. The molecule has 0 aliphatic carbocycles. The van der Waals surface area contributed by atoms with Crippen molar-refractivity contribution in [1.82, 2.24) is 9.97 Å². The van der Waals surface area contributed by atoms with Crippen LogP contribution in [0.15, 0.2) is 24.3 Å². The van der Waals surface area contributed by atoms with Crippen molar-refractivity contribution in [3.8, 4) is 0 Å². The van der Waals surface area contributed by atoms with Gasteiger partial charge in [-0.3, -0.25) is 0 Å². The molecule has 0 bridgehead atoms. The van der Waals surface area contributed by atoms with Crippen molar-refractivity contribution >= 4 is 42.1 Å². The standard InChI is InChI=1S/C11H13N3O.2ClH/c12-6-8-15-7-5-11-13-9-3-1-2-4-10(9)14-11;;/h1-4,6,12H,5,7-8H2,(H,13,14);2*1H. The van der Waals surface area contributed by atoms with Crippen LogP contribution in [0.4, 0.5) is 0 Å². The number of fused-ring (bicyclic) bond motifs is 1. The molecule has 1 aromatic carbocycles. The summed E-state index contributed by atoms with van der Waals surface area (Å²) in [6.07, 6.45) is 2.00. The van der Waals surface area contributed by atoms with E-state index in [0.29, 0.717) is 13.2 Å². The second-order valence-electron chi connectivity index (χ2n) is 3.23. The summed E-state index contributed by atoms with van der Waals surface area (Å²) < 4.78 is 5.18. The molecule has 2 rings (SSSR count). The van der Waals surface area contributed by atoms with Crippen LogP contribution in [0.3, 0.4) is 0 Å². The first-order chi connectivity index (χ1) is 7.40. The van der Waals surface area contributed by atoms with E-state index in [1.165, 1.54) is 6.21 Å². The number of halogens is 2. The molecule has 2 aromatic rings.